The minimum absolute atomic E-state index is 0.00418. The topological polar surface area (TPSA) is 74.8 Å². The Labute approximate surface area is 160 Å². The van der Waals surface area contributed by atoms with E-state index < -0.39 is 0 Å². The predicted molar refractivity (Wildman–Crippen MR) is 99.7 cm³/mol. The van der Waals surface area contributed by atoms with E-state index >= 15 is 0 Å². The van der Waals surface area contributed by atoms with Crippen LogP contribution in [0.1, 0.15) is 25.3 Å². The molecule has 4 heterocycles. The van der Waals surface area contributed by atoms with Gasteiger partial charge in [-0.15, -0.1) is 0 Å². The van der Waals surface area contributed by atoms with Crippen molar-refractivity contribution in [1.29, 1.82) is 0 Å². The van der Waals surface area contributed by atoms with Crippen LogP contribution in [0.25, 0.3) is 0 Å². The molecule has 1 aromatic rings. The van der Waals surface area contributed by atoms with Crippen molar-refractivity contribution >= 4 is 11.8 Å². The molecule has 3 fully saturated rings. The molecule has 2 amide bonds. The molecule has 0 unspecified atom stereocenters. The average Bonchev–Trinajstić information content (AvgIpc) is 3.28. The average molecular weight is 372 g/mol. The maximum absolute atomic E-state index is 12.9. The largest absolute Gasteiger partial charge is 0.369 e. The van der Waals surface area contributed by atoms with Gasteiger partial charge in [-0.25, -0.2) is 0 Å². The predicted octanol–water partition coefficient (Wildman–Crippen LogP) is 0.656. The van der Waals surface area contributed by atoms with Gasteiger partial charge in [0.1, 0.15) is 0 Å². The zero-order valence-electron chi connectivity index (χ0n) is 16.1. The second kappa shape index (κ2) is 7.20. The van der Waals surface area contributed by atoms with Crippen molar-refractivity contribution in [3.63, 3.8) is 0 Å². The summed E-state index contributed by atoms with van der Waals surface area (Å²) in [6.07, 6.45) is 5.83. The first kappa shape index (κ1) is 18.4. The van der Waals surface area contributed by atoms with Gasteiger partial charge in [0.05, 0.1) is 24.8 Å². The molecule has 0 aromatic carbocycles. The smallest absolute Gasteiger partial charge is 0.236 e. The van der Waals surface area contributed by atoms with Crippen LogP contribution in [0, 0.1) is 11.8 Å². The summed E-state index contributed by atoms with van der Waals surface area (Å²) in [6, 6.07) is 3.94. The molecule has 4 rings (SSSR count). The van der Waals surface area contributed by atoms with Gasteiger partial charge >= 0.3 is 0 Å². The van der Waals surface area contributed by atoms with Gasteiger partial charge in [-0.05, 0) is 37.6 Å². The van der Waals surface area contributed by atoms with Gasteiger partial charge in [-0.3, -0.25) is 19.5 Å². The quantitative estimate of drug-likeness (QED) is 0.794. The maximum atomic E-state index is 12.9. The van der Waals surface area contributed by atoms with E-state index in [0.717, 1.165) is 31.5 Å². The number of hydrogen-bond acceptors (Lipinski definition) is 5. The van der Waals surface area contributed by atoms with Crippen molar-refractivity contribution in [3.05, 3.63) is 30.1 Å². The highest BCUT2D eigenvalue weighted by Crippen LogP contribution is 2.54. The number of hydrogen-bond donors (Lipinski definition) is 1. The highest BCUT2D eigenvalue weighted by Gasteiger charge is 2.63. The van der Waals surface area contributed by atoms with Gasteiger partial charge in [0.2, 0.25) is 11.8 Å². The Morgan fingerprint density at radius 1 is 1.41 bits per heavy atom. The number of likely N-dealkylation sites (N-methyl/N-ethyl adjacent to an activating group) is 1. The molecule has 1 N–H and O–H groups in total. The number of pyridine rings is 1. The summed E-state index contributed by atoms with van der Waals surface area (Å²) < 4.78 is 6.34. The molecule has 27 heavy (non-hydrogen) atoms. The molecular formula is C20H28N4O3. The molecule has 4 atom stereocenters. The summed E-state index contributed by atoms with van der Waals surface area (Å²) >= 11 is 0. The number of nitrogens with one attached hydrogen (secondary N) is 1. The highest BCUT2D eigenvalue weighted by atomic mass is 16.5. The van der Waals surface area contributed by atoms with Crippen LogP contribution in [0.5, 0.6) is 0 Å². The molecule has 7 nitrogen and oxygen atoms in total. The zero-order valence-corrected chi connectivity index (χ0v) is 16.1. The third-order valence-electron chi connectivity index (χ3n) is 6.33. The third-order valence-corrected chi connectivity index (χ3v) is 6.33. The van der Waals surface area contributed by atoms with Crippen molar-refractivity contribution in [2.45, 2.75) is 38.0 Å². The van der Waals surface area contributed by atoms with Crippen molar-refractivity contribution in [1.82, 2.24) is 20.1 Å². The molecule has 0 aliphatic carbocycles. The number of carbonyl (C=O) groups is 2. The summed E-state index contributed by atoms with van der Waals surface area (Å²) in [7, 11) is 1.97. The number of carbonyl (C=O) groups excluding carboxylic acids is 2. The molecule has 0 radical (unpaired) electrons. The maximum Gasteiger partial charge on any atom is 0.236 e. The van der Waals surface area contributed by atoms with E-state index in [1.54, 1.807) is 19.3 Å². The van der Waals surface area contributed by atoms with Gasteiger partial charge in [-0.2, -0.15) is 0 Å². The van der Waals surface area contributed by atoms with E-state index in [0.29, 0.717) is 31.5 Å². The normalized spacial score (nSPS) is 31.4. The van der Waals surface area contributed by atoms with Crippen LogP contribution in [-0.2, 0) is 20.9 Å². The number of nitrogens with zero attached hydrogens (tertiary/aromatic N) is 3. The molecule has 3 aliphatic rings. The van der Waals surface area contributed by atoms with Gasteiger partial charge < -0.3 is 15.0 Å². The number of likely N-dealkylation sites (tertiary alicyclic amines) is 1. The van der Waals surface area contributed by atoms with Crippen LogP contribution in [-0.4, -0.2) is 71.5 Å². The molecule has 1 spiro atoms. The van der Waals surface area contributed by atoms with E-state index in [4.69, 9.17) is 4.74 Å². The summed E-state index contributed by atoms with van der Waals surface area (Å²) in [5.41, 5.74) is 0.960. The number of aromatic nitrogens is 1. The Kier molecular flexibility index (Phi) is 4.90. The molecule has 3 aliphatic heterocycles. The van der Waals surface area contributed by atoms with Crippen molar-refractivity contribution in [3.8, 4) is 0 Å². The van der Waals surface area contributed by atoms with E-state index in [-0.39, 0.29) is 23.5 Å². The summed E-state index contributed by atoms with van der Waals surface area (Å²) in [5, 5.41) is 2.95. The van der Waals surface area contributed by atoms with Crippen molar-refractivity contribution in [2.24, 2.45) is 11.8 Å². The minimum Gasteiger partial charge on any atom is -0.369 e. The second-order valence-electron chi connectivity index (χ2n) is 8.27. The first-order chi connectivity index (χ1) is 13.0. The number of fused-ring (bicyclic) bond motifs is 1. The highest BCUT2D eigenvalue weighted by molar-refractivity contribution is 5.79. The lowest BCUT2D eigenvalue weighted by Crippen LogP contribution is -2.41. The lowest BCUT2D eigenvalue weighted by Gasteiger charge is -2.29. The van der Waals surface area contributed by atoms with Crippen molar-refractivity contribution in [2.75, 3.05) is 33.2 Å². The van der Waals surface area contributed by atoms with Gasteiger partial charge in [0.25, 0.3) is 0 Å². The Morgan fingerprint density at radius 2 is 2.19 bits per heavy atom. The Bertz CT molecular complexity index is 712. The molecule has 1 aromatic heterocycles. The second-order valence-corrected chi connectivity index (χ2v) is 8.27. The number of amides is 2. The van der Waals surface area contributed by atoms with Crippen molar-refractivity contribution < 1.29 is 14.3 Å². The van der Waals surface area contributed by atoms with Crippen LogP contribution in [0.4, 0.5) is 0 Å². The standard InChI is InChI=1S/C20H28N4O3/c1-14(25)22-9-16-17-11-24(13-20(17)6-3-18(16)27-20)19(26)12-23(2)10-15-4-7-21-8-5-15/h4-5,7-8,16-18H,3,6,9-13H2,1-2H3,(H,22,25)/t16-,17+,18+,20+/m0/s1. The fourth-order valence-electron chi connectivity index (χ4n) is 5.10. The molecule has 146 valence electrons. The lowest BCUT2D eigenvalue weighted by molar-refractivity contribution is -0.132. The van der Waals surface area contributed by atoms with E-state index in [9.17, 15) is 9.59 Å². The number of ether oxygens (including phenoxy) is 1. The van der Waals surface area contributed by atoms with Crippen LogP contribution >= 0.6 is 0 Å². The van der Waals surface area contributed by atoms with E-state index in [1.807, 2.05) is 29.0 Å². The SMILES string of the molecule is CC(=O)NC[C@H]1[C@H]2CN(C(=O)CN(C)Cc3ccncc3)C[C@]23CC[C@H]1O3. The fourth-order valence-corrected chi connectivity index (χ4v) is 5.10. The third kappa shape index (κ3) is 3.58. The summed E-state index contributed by atoms with van der Waals surface area (Å²) in [4.78, 5) is 32.2. The zero-order chi connectivity index (χ0) is 19.0. The minimum atomic E-state index is -0.187. The Balaban J connectivity index is 1.35. The van der Waals surface area contributed by atoms with Gasteiger partial charge in [0.15, 0.2) is 0 Å². The molecular weight excluding hydrogens is 344 g/mol. The summed E-state index contributed by atoms with van der Waals surface area (Å²) in [6.45, 7) is 4.74. The monoisotopic (exact) mass is 372 g/mol. The Hall–Kier alpha value is -1.99. The first-order valence-corrected chi connectivity index (χ1v) is 9.74. The molecule has 3 saturated heterocycles. The van der Waals surface area contributed by atoms with Gasteiger partial charge in [0, 0.05) is 50.8 Å². The first-order valence-electron chi connectivity index (χ1n) is 9.74. The Morgan fingerprint density at radius 3 is 2.93 bits per heavy atom. The van der Waals surface area contributed by atoms with E-state index in [2.05, 4.69) is 10.3 Å². The van der Waals surface area contributed by atoms with Gasteiger partial charge in [-0.1, -0.05) is 0 Å². The van der Waals surface area contributed by atoms with Crippen LogP contribution in [0.2, 0.25) is 0 Å². The molecule has 2 bridgehead atoms. The molecule has 7 heteroatoms. The van der Waals surface area contributed by atoms with Crippen LogP contribution in [0.15, 0.2) is 24.5 Å². The fraction of sp³-hybridized carbons (Fsp3) is 0.650. The summed E-state index contributed by atoms with van der Waals surface area (Å²) in [5.74, 6) is 0.795. The molecule has 0 saturated carbocycles. The lowest BCUT2D eigenvalue weighted by atomic mass is 9.73. The number of rotatable bonds is 6. The van der Waals surface area contributed by atoms with Crippen LogP contribution < -0.4 is 5.32 Å². The van der Waals surface area contributed by atoms with E-state index in [1.165, 1.54) is 0 Å². The van der Waals surface area contributed by atoms with Crippen LogP contribution in [0.3, 0.4) is 0 Å².